The molecule has 2 unspecified atom stereocenters. The van der Waals surface area contributed by atoms with Crippen molar-refractivity contribution in [2.75, 3.05) is 13.7 Å². The van der Waals surface area contributed by atoms with Crippen molar-refractivity contribution in [2.24, 2.45) is 11.8 Å². The molecule has 1 aliphatic heterocycles. The number of methoxy groups -OCH3 is 1. The quantitative estimate of drug-likeness (QED) is 0.642. The fourth-order valence-corrected chi connectivity index (χ4v) is 1.76. The van der Waals surface area contributed by atoms with Crippen molar-refractivity contribution in [1.29, 1.82) is 0 Å². The smallest absolute Gasteiger partial charge is 0.162 e. The first-order valence-corrected chi connectivity index (χ1v) is 4.59. The predicted octanol–water partition coefficient (Wildman–Crippen LogP) is -0.0169. The number of rotatable bonds is 2. The molecule has 0 amide bonds. The van der Waals surface area contributed by atoms with E-state index in [4.69, 9.17) is 14.6 Å². The molecular weight excluding hydrogens is 172 g/mol. The van der Waals surface area contributed by atoms with Crippen LogP contribution >= 0.6 is 0 Å². The van der Waals surface area contributed by atoms with Crippen molar-refractivity contribution in [3.05, 3.63) is 0 Å². The largest absolute Gasteiger partial charge is 0.394 e. The minimum atomic E-state index is -0.476. The summed E-state index contributed by atoms with van der Waals surface area (Å²) in [6.07, 6.45) is -1.21. The van der Waals surface area contributed by atoms with Gasteiger partial charge in [0, 0.05) is 18.9 Å². The van der Waals surface area contributed by atoms with Crippen LogP contribution in [0.5, 0.6) is 0 Å². The maximum Gasteiger partial charge on any atom is 0.162 e. The molecule has 0 aliphatic carbocycles. The Labute approximate surface area is 78.5 Å². The first-order chi connectivity index (χ1) is 6.11. The molecule has 0 aromatic rings. The molecule has 5 atom stereocenters. The predicted molar refractivity (Wildman–Crippen MR) is 47.1 cm³/mol. The Balaban J connectivity index is 2.66. The zero-order valence-electron chi connectivity index (χ0n) is 8.30. The average Bonchev–Trinajstić information content (AvgIpc) is 2.15. The third-order valence-electron chi connectivity index (χ3n) is 2.81. The van der Waals surface area contributed by atoms with Crippen LogP contribution in [0.25, 0.3) is 0 Å². The monoisotopic (exact) mass is 190 g/mol. The summed E-state index contributed by atoms with van der Waals surface area (Å²) in [6, 6.07) is 0. The molecule has 1 aliphatic rings. The van der Waals surface area contributed by atoms with Crippen LogP contribution in [-0.2, 0) is 9.47 Å². The third-order valence-corrected chi connectivity index (χ3v) is 2.81. The summed E-state index contributed by atoms with van der Waals surface area (Å²) in [5.41, 5.74) is 0. The van der Waals surface area contributed by atoms with E-state index in [2.05, 4.69) is 0 Å². The second-order valence-corrected chi connectivity index (χ2v) is 3.67. The van der Waals surface area contributed by atoms with Gasteiger partial charge in [0.1, 0.15) is 0 Å². The van der Waals surface area contributed by atoms with Gasteiger partial charge in [-0.15, -0.1) is 0 Å². The lowest BCUT2D eigenvalue weighted by Gasteiger charge is -2.41. The zero-order chi connectivity index (χ0) is 10.0. The maximum absolute atomic E-state index is 9.78. The highest BCUT2D eigenvalue weighted by Crippen LogP contribution is 2.29. The van der Waals surface area contributed by atoms with Crippen molar-refractivity contribution >= 4 is 0 Å². The topological polar surface area (TPSA) is 58.9 Å². The number of hydrogen-bond acceptors (Lipinski definition) is 4. The van der Waals surface area contributed by atoms with E-state index in [1.165, 1.54) is 7.11 Å². The molecule has 1 rings (SSSR count). The van der Waals surface area contributed by atoms with Gasteiger partial charge in [-0.3, -0.25) is 0 Å². The molecule has 1 fully saturated rings. The van der Waals surface area contributed by atoms with Gasteiger partial charge >= 0.3 is 0 Å². The van der Waals surface area contributed by atoms with Crippen molar-refractivity contribution in [3.63, 3.8) is 0 Å². The van der Waals surface area contributed by atoms with E-state index in [0.29, 0.717) is 0 Å². The van der Waals surface area contributed by atoms with E-state index in [-0.39, 0.29) is 24.5 Å². The summed E-state index contributed by atoms with van der Waals surface area (Å²) in [5.74, 6) is -0.103. The third kappa shape index (κ3) is 2.02. The molecular formula is C9H18O4. The molecule has 0 aromatic carbocycles. The van der Waals surface area contributed by atoms with Gasteiger partial charge < -0.3 is 19.7 Å². The van der Waals surface area contributed by atoms with Crippen LogP contribution < -0.4 is 0 Å². The normalized spacial score (nSPS) is 46.4. The van der Waals surface area contributed by atoms with Crippen LogP contribution in [0.1, 0.15) is 13.8 Å². The number of aliphatic hydroxyl groups is 2. The van der Waals surface area contributed by atoms with Crippen molar-refractivity contribution in [3.8, 4) is 0 Å². The highest BCUT2D eigenvalue weighted by molar-refractivity contribution is 4.84. The van der Waals surface area contributed by atoms with Gasteiger partial charge in [0.2, 0.25) is 0 Å². The number of aliphatic hydroxyl groups excluding tert-OH is 2. The summed E-state index contributed by atoms with van der Waals surface area (Å²) in [7, 11) is 1.54. The van der Waals surface area contributed by atoms with E-state index in [0.717, 1.165) is 0 Å². The fraction of sp³-hybridized carbons (Fsp3) is 1.00. The lowest BCUT2D eigenvalue weighted by atomic mass is 9.86. The number of hydrogen-bond donors (Lipinski definition) is 2. The second kappa shape index (κ2) is 4.37. The minimum absolute atomic E-state index is 0.0496. The van der Waals surface area contributed by atoms with Gasteiger partial charge in [0.25, 0.3) is 0 Å². The van der Waals surface area contributed by atoms with E-state index in [9.17, 15) is 5.11 Å². The molecule has 4 heteroatoms. The molecule has 0 spiro atoms. The van der Waals surface area contributed by atoms with Crippen LogP contribution in [0.4, 0.5) is 0 Å². The van der Waals surface area contributed by atoms with Gasteiger partial charge in [-0.2, -0.15) is 0 Å². The van der Waals surface area contributed by atoms with Gasteiger partial charge in [-0.05, 0) is 0 Å². The Hall–Kier alpha value is -0.160. The molecule has 1 heterocycles. The molecule has 0 aromatic heterocycles. The van der Waals surface area contributed by atoms with Crippen LogP contribution in [0, 0.1) is 11.8 Å². The minimum Gasteiger partial charge on any atom is -0.394 e. The van der Waals surface area contributed by atoms with Gasteiger partial charge in [-0.1, -0.05) is 13.8 Å². The SMILES string of the molecule is CO[C@@H]1OC(CO)[C@@H](C)[C@H](O)C1C. The van der Waals surface area contributed by atoms with Crippen molar-refractivity contribution in [2.45, 2.75) is 32.3 Å². The summed E-state index contributed by atoms with van der Waals surface area (Å²) >= 11 is 0. The Morgan fingerprint density at radius 1 is 1.31 bits per heavy atom. The van der Waals surface area contributed by atoms with Gasteiger partial charge in [0.05, 0.1) is 18.8 Å². The fourth-order valence-electron chi connectivity index (χ4n) is 1.76. The van der Waals surface area contributed by atoms with E-state index in [1.807, 2.05) is 13.8 Å². The average molecular weight is 190 g/mol. The second-order valence-electron chi connectivity index (χ2n) is 3.67. The molecule has 0 bridgehead atoms. The molecule has 4 nitrogen and oxygen atoms in total. The van der Waals surface area contributed by atoms with E-state index >= 15 is 0 Å². The Morgan fingerprint density at radius 2 is 1.92 bits per heavy atom. The van der Waals surface area contributed by atoms with Crippen molar-refractivity contribution in [1.82, 2.24) is 0 Å². The highest BCUT2D eigenvalue weighted by atomic mass is 16.7. The van der Waals surface area contributed by atoms with Crippen molar-refractivity contribution < 1.29 is 19.7 Å². The summed E-state index contributed by atoms with van der Waals surface area (Å²) in [6.45, 7) is 3.67. The van der Waals surface area contributed by atoms with E-state index < -0.39 is 12.4 Å². The first-order valence-electron chi connectivity index (χ1n) is 4.59. The lowest BCUT2D eigenvalue weighted by molar-refractivity contribution is -0.258. The summed E-state index contributed by atoms with van der Waals surface area (Å²) in [5, 5.41) is 18.8. The summed E-state index contributed by atoms with van der Waals surface area (Å²) in [4.78, 5) is 0. The number of ether oxygens (including phenoxy) is 2. The highest BCUT2D eigenvalue weighted by Gasteiger charge is 2.40. The van der Waals surface area contributed by atoms with Crippen LogP contribution in [0.2, 0.25) is 0 Å². The molecule has 78 valence electrons. The summed E-state index contributed by atoms with van der Waals surface area (Å²) < 4.78 is 10.5. The molecule has 13 heavy (non-hydrogen) atoms. The Morgan fingerprint density at radius 3 is 2.38 bits per heavy atom. The maximum atomic E-state index is 9.78. The molecule has 0 saturated carbocycles. The van der Waals surface area contributed by atoms with Gasteiger partial charge in [0.15, 0.2) is 6.29 Å². The molecule has 2 N–H and O–H groups in total. The lowest BCUT2D eigenvalue weighted by Crippen LogP contribution is -2.50. The van der Waals surface area contributed by atoms with E-state index in [1.54, 1.807) is 0 Å². The molecule has 0 radical (unpaired) electrons. The van der Waals surface area contributed by atoms with Crippen LogP contribution in [0.15, 0.2) is 0 Å². The Bertz CT molecular complexity index is 142. The first kappa shape index (κ1) is 10.9. The Kier molecular flexibility index (Phi) is 3.67. The zero-order valence-corrected chi connectivity index (χ0v) is 8.30. The van der Waals surface area contributed by atoms with Crippen LogP contribution in [0.3, 0.4) is 0 Å². The van der Waals surface area contributed by atoms with Crippen LogP contribution in [-0.4, -0.2) is 42.4 Å². The van der Waals surface area contributed by atoms with Gasteiger partial charge in [-0.25, -0.2) is 0 Å². The molecule has 1 saturated heterocycles. The standard InChI is InChI=1S/C9H18O4/c1-5-7(4-10)13-9(12-3)6(2)8(5)11/h5-11H,4H2,1-3H3/t5-,6?,7?,8+,9-/m1/s1.